The van der Waals surface area contributed by atoms with Crippen LogP contribution in [0, 0.1) is 5.41 Å². The van der Waals surface area contributed by atoms with Crippen LogP contribution in [0.1, 0.15) is 69.7 Å². The Balaban J connectivity index is 1.64. The van der Waals surface area contributed by atoms with Crippen molar-refractivity contribution in [1.82, 2.24) is 39.9 Å². The van der Waals surface area contributed by atoms with Crippen molar-refractivity contribution in [2.24, 2.45) is 5.41 Å². The average molecular weight is 590 g/mol. The van der Waals surface area contributed by atoms with Gasteiger partial charge in [-0.3, -0.25) is 4.90 Å². The van der Waals surface area contributed by atoms with Crippen LogP contribution in [0.4, 0.5) is 0 Å². The summed E-state index contributed by atoms with van der Waals surface area (Å²) < 4.78 is 10.1. The molecule has 1 aliphatic rings. The fourth-order valence-electron chi connectivity index (χ4n) is 5.16. The van der Waals surface area contributed by atoms with Crippen LogP contribution in [0.5, 0.6) is 5.75 Å². The second kappa shape index (κ2) is 11.8. The molecule has 2 aromatic carbocycles. The highest BCUT2D eigenvalue weighted by Gasteiger charge is 2.42. The highest BCUT2D eigenvalue weighted by Crippen LogP contribution is 2.43. The van der Waals surface area contributed by atoms with Gasteiger partial charge in [-0.1, -0.05) is 68.1 Å². The second-order valence-corrected chi connectivity index (χ2v) is 12.1. The lowest BCUT2D eigenvalue weighted by Crippen LogP contribution is -2.41. The van der Waals surface area contributed by atoms with E-state index in [1.807, 2.05) is 28.9 Å². The number of rotatable bonds is 8. The maximum atomic E-state index is 6.80. The molecule has 12 heteroatoms. The van der Waals surface area contributed by atoms with Crippen molar-refractivity contribution in [2.45, 2.75) is 58.3 Å². The van der Waals surface area contributed by atoms with Crippen LogP contribution < -0.4 is 4.74 Å². The molecule has 3 heterocycles. The molecule has 0 radical (unpaired) electrons. The van der Waals surface area contributed by atoms with E-state index in [0.29, 0.717) is 26.6 Å². The molecule has 2 aromatic heterocycles. The van der Waals surface area contributed by atoms with E-state index in [1.54, 1.807) is 29.2 Å². The third-order valence-electron chi connectivity index (χ3n) is 6.96. The van der Waals surface area contributed by atoms with E-state index in [-0.39, 0.29) is 11.5 Å². The van der Waals surface area contributed by atoms with E-state index in [9.17, 15) is 0 Å². The topological polar surface area (TPSA) is 86.8 Å². The minimum absolute atomic E-state index is 0.276. The van der Waals surface area contributed by atoms with Crippen LogP contribution in [-0.4, -0.2) is 53.0 Å². The molecule has 0 saturated carbocycles. The maximum absolute atomic E-state index is 6.80. The molecule has 3 unspecified atom stereocenters. The molecule has 0 N–H and O–H groups in total. The number of piperidine rings is 1. The number of benzene rings is 2. The van der Waals surface area contributed by atoms with Crippen molar-refractivity contribution in [1.29, 1.82) is 0 Å². The fourth-order valence-corrected chi connectivity index (χ4v) is 5.80. The number of tetrazole rings is 1. The van der Waals surface area contributed by atoms with Gasteiger partial charge in [-0.05, 0) is 83.7 Å². The Bertz CT molecular complexity index is 1360. The first-order valence-electron chi connectivity index (χ1n) is 13.0. The minimum atomic E-state index is -0.626. The Morgan fingerprint density at radius 3 is 2.28 bits per heavy atom. The third kappa shape index (κ3) is 6.22. The number of hydrogen-bond acceptors (Lipinski definition) is 7. The second-order valence-electron chi connectivity index (χ2n) is 10.8. The molecule has 4 aromatic rings. The Hall–Kier alpha value is -2.72. The smallest absolute Gasteiger partial charge is 0.215 e. The Morgan fingerprint density at radius 2 is 1.64 bits per heavy atom. The Labute approximate surface area is 243 Å². The van der Waals surface area contributed by atoms with Crippen molar-refractivity contribution in [3.63, 3.8) is 0 Å². The summed E-state index contributed by atoms with van der Waals surface area (Å²) >= 11 is 19.2. The highest BCUT2D eigenvalue weighted by atomic mass is 35.5. The number of hydrogen-bond donors (Lipinski definition) is 0. The Morgan fingerprint density at radius 1 is 0.923 bits per heavy atom. The van der Waals surface area contributed by atoms with Gasteiger partial charge in [-0.25, -0.2) is 14.3 Å². The minimum Gasteiger partial charge on any atom is -0.466 e. The molecule has 1 fully saturated rings. The quantitative estimate of drug-likeness (QED) is 0.227. The summed E-state index contributed by atoms with van der Waals surface area (Å²) in [6, 6.07) is 12.2. The van der Waals surface area contributed by atoms with Crippen molar-refractivity contribution < 1.29 is 4.74 Å². The largest absolute Gasteiger partial charge is 0.466 e. The van der Waals surface area contributed by atoms with E-state index >= 15 is 0 Å². The maximum Gasteiger partial charge on any atom is 0.215 e. The molecule has 39 heavy (non-hydrogen) atoms. The summed E-state index contributed by atoms with van der Waals surface area (Å²) in [4.78, 5) is 6.59. The van der Waals surface area contributed by atoms with Crippen LogP contribution in [0.25, 0.3) is 0 Å². The summed E-state index contributed by atoms with van der Waals surface area (Å²) in [7, 11) is 0. The summed E-state index contributed by atoms with van der Waals surface area (Å²) in [6.07, 6.45) is 5.87. The highest BCUT2D eigenvalue weighted by molar-refractivity contribution is 6.35. The summed E-state index contributed by atoms with van der Waals surface area (Å²) in [5, 5.41) is 19.6. The molecule has 206 valence electrons. The first kappa shape index (κ1) is 27.8. The van der Waals surface area contributed by atoms with Gasteiger partial charge in [0.25, 0.3) is 0 Å². The van der Waals surface area contributed by atoms with Crippen molar-refractivity contribution in [2.75, 3.05) is 13.1 Å². The zero-order valence-electron chi connectivity index (χ0n) is 22.1. The molecule has 0 amide bonds. The number of nitrogens with zero attached hydrogens (tertiary/aromatic N) is 8. The predicted octanol–water partition coefficient (Wildman–Crippen LogP) is 6.67. The SMILES string of the molecule is CC(C)(C)C(C(Oc1ccc(Cl)cc1)n1cncn1)n1nnnc1C(c1ccc(Cl)cc1Cl)N1CCCCC1. The van der Waals surface area contributed by atoms with Crippen LogP contribution in [0.15, 0.2) is 55.1 Å². The van der Waals surface area contributed by atoms with Gasteiger partial charge in [0.05, 0.1) is 6.04 Å². The Kier molecular flexibility index (Phi) is 8.42. The van der Waals surface area contributed by atoms with Crippen LogP contribution in [0.2, 0.25) is 15.1 Å². The standard InChI is InChI=1S/C27H31Cl3N8O/c1-27(2,3)24(26(37-17-31-16-32-37)39-20-10-7-18(28)8-11-20)38-25(33-34-35-38)23(36-13-5-4-6-14-36)21-12-9-19(29)15-22(21)30/h7-12,15-17,23-24,26H,4-6,13-14H2,1-3H3. The summed E-state index contributed by atoms with van der Waals surface area (Å²) in [5.41, 5.74) is 0.534. The van der Waals surface area contributed by atoms with Crippen LogP contribution in [-0.2, 0) is 0 Å². The monoisotopic (exact) mass is 588 g/mol. The normalized spacial score (nSPS) is 17.1. The van der Waals surface area contributed by atoms with Gasteiger partial charge in [0.1, 0.15) is 24.4 Å². The van der Waals surface area contributed by atoms with Gasteiger partial charge in [0.15, 0.2) is 5.82 Å². The first-order chi connectivity index (χ1) is 18.7. The number of aromatic nitrogens is 7. The molecule has 1 aliphatic heterocycles. The van der Waals surface area contributed by atoms with E-state index < -0.39 is 12.3 Å². The first-order valence-corrected chi connectivity index (χ1v) is 14.1. The van der Waals surface area contributed by atoms with Gasteiger partial charge in [-0.15, -0.1) is 5.10 Å². The van der Waals surface area contributed by atoms with Crippen molar-refractivity contribution in [3.8, 4) is 5.75 Å². The molecule has 5 rings (SSSR count). The summed E-state index contributed by atoms with van der Waals surface area (Å²) in [5.74, 6) is 1.31. The van der Waals surface area contributed by atoms with Crippen LogP contribution >= 0.6 is 34.8 Å². The third-order valence-corrected chi connectivity index (χ3v) is 7.78. The van der Waals surface area contributed by atoms with E-state index in [0.717, 1.165) is 31.5 Å². The van der Waals surface area contributed by atoms with Crippen LogP contribution in [0.3, 0.4) is 0 Å². The molecule has 0 aliphatic carbocycles. The van der Waals surface area contributed by atoms with Gasteiger partial charge in [0, 0.05) is 15.1 Å². The van der Waals surface area contributed by atoms with Crippen molar-refractivity contribution >= 4 is 34.8 Å². The molecule has 1 saturated heterocycles. The molecule has 0 bridgehead atoms. The molecule has 9 nitrogen and oxygen atoms in total. The zero-order valence-corrected chi connectivity index (χ0v) is 24.4. The number of ether oxygens (including phenoxy) is 1. The number of likely N-dealkylation sites (tertiary alicyclic amines) is 1. The molecular formula is C27H31Cl3N8O. The van der Waals surface area contributed by atoms with E-state index in [1.165, 1.54) is 12.7 Å². The van der Waals surface area contributed by atoms with E-state index in [2.05, 4.69) is 51.3 Å². The lowest BCUT2D eigenvalue weighted by Gasteiger charge is -2.39. The lowest BCUT2D eigenvalue weighted by atomic mass is 9.85. The zero-order chi connectivity index (χ0) is 27.6. The van der Waals surface area contributed by atoms with Gasteiger partial charge >= 0.3 is 0 Å². The van der Waals surface area contributed by atoms with Crippen molar-refractivity contribution in [3.05, 3.63) is 81.6 Å². The average Bonchev–Trinajstić information content (AvgIpc) is 3.59. The molecular weight excluding hydrogens is 559 g/mol. The van der Waals surface area contributed by atoms with E-state index in [4.69, 9.17) is 39.5 Å². The van der Waals surface area contributed by atoms with Gasteiger partial charge in [-0.2, -0.15) is 5.10 Å². The number of halogens is 3. The molecule has 0 spiro atoms. The summed E-state index contributed by atoms with van der Waals surface area (Å²) in [6.45, 7) is 8.20. The predicted molar refractivity (Wildman–Crippen MR) is 151 cm³/mol. The molecule has 3 atom stereocenters. The van der Waals surface area contributed by atoms with Gasteiger partial charge in [0.2, 0.25) is 6.23 Å². The lowest BCUT2D eigenvalue weighted by molar-refractivity contribution is -0.00232. The fraction of sp³-hybridized carbons (Fsp3) is 0.444. The van der Waals surface area contributed by atoms with Gasteiger partial charge < -0.3 is 4.74 Å².